The number of benzene rings is 2. The molecule has 3 rings (SSSR count). The molecule has 1 aromatic heterocycles. The van der Waals surface area contributed by atoms with Crippen molar-refractivity contribution in [2.75, 3.05) is 0 Å². The Balaban J connectivity index is 1.89. The predicted octanol–water partition coefficient (Wildman–Crippen LogP) is 4.39. The number of nitrogens with one attached hydrogen (secondary N) is 1. The number of carboxylic acid groups (broad SMARTS) is 1. The molecule has 28 heavy (non-hydrogen) atoms. The van der Waals surface area contributed by atoms with Gasteiger partial charge in [0.2, 0.25) is 5.89 Å². The van der Waals surface area contributed by atoms with E-state index in [9.17, 15) is 19.1 Å². The van der Waals surface area contributed by atoms with Crippen molar-refractivity contribution in [3.63, 3.8) is 0 Å². The Kier molecular flexibility index (Phi) is 5.75. The molecule has 0 aliphatic carbocycles. The molecule has 3 aromatic rings. The average molecular weight is 403 g/mol. The Morgan fingerprint density at radius 2 is 1.89 bits per heavy atom. The number of carboxylic acids is 1. The van der Waals surface area contributed by atoms with E-state index in [0.29, 0.717) is 10.6 Å². The molecule has 0 aliphatic rings. The number of aliphatic carboxylic acids is 1. The highest BCUT2D eigenvalue weighted by Gasteiger charge is 2.25. The summed E-state index contributed by atoms with van der Waals surface area (Å²) in [5.74, 6) is -2.13. The molecule has 0 aliphatic heterocycles. The summed E-state index contributed by atoms with van der Waals surface area (Å²) in [4.78, 5) is 28.0. The van der Waals surface area contributed by atoms with E-state index in [1.807, 2.05) is 0 Å². The molecule has 1 atom stereocenters. The topological polar surface area (TPSA) is 92.4 Å². The first kappa shape index (κ1) is 19.6. The van der Waals surface area contributed by atoms with Crippen LogP contribution in [0.2, 0.25) is 5.02 Å². The average Bonchev–Trinajstić information content (AvgIpc) is 3.03. The lowest BCUT2D eigenvalue weighted by Crippen LogP contribution is -2.31. The fourth-order valence-electron chi connectivity index (χ4n) is 2.75. The van der Waals surface area contributed by atoms with Crippen LogP contribution in [0.5, 0.6) is 0 Å². The first-order valence-corrected chi connectivity index (χ1v) is 8.74. The quantitative estimate of drug-likeness (QED) is 0.638. The van der Waals surface area contributed by atoms with Crippen molar-refractivity contribution in [3.8, 4) is 11.5 Å². The maximum atomic E-state index is 14.0. The molecule has 0 fully saturated rings. The van der Waals surface area contributed by atoms with E-state index in [4.69, 9.17) is 16.0 Å². The lowest BCUT2D eigenvalue weighted by atomic mass is 10.0. The number of rotatable bonds is 6. The summed E-state index contributed by atoms with van der Waals surface area (Å²) < 4.78 is 19.4. The van der Waals surface area contributed by atoms with E-state index >= 15 is 0 Å². The van der Waals surface area contributed by atoms with Crippen LogP contribution in [0.1, 0.15) is 34.3 Å². The number of aryl methyl sites for hydroxylation is 1. The van der Waals surface area contributed by atoms with Crippen LogP contribution in [0.15, 0.2) is 52.9 Å². The summed E-state index contributed by atoms with van der Waals surface area (Å²) in [6.45, 7) is 1.52. The van der Waals surface area contributed by atoms with Gasteiger partial charge in [-0.3, -0.25) is 9.59 Å². The summed E-state index contributed by atoms with van der Waals surface area (Å²) >= 11 is 6.14. The van der Waals surface area contributed by atoms with Crippen molar-refractivity contribution in [2.45, 2.75) is 19.4 Å². The van der Waals surface area contributed by atoms with Gasteiger partial charge in [-0.1, -0.05) is 41.9 Å². The van der Waals surface area contributed by atoms with Gasteiger partial charge in [-0.2, -0.15) is 0 Å². The first-order valence-electron chi connectivity index (χ1n) is 8.36. The van der Waals surface area contributed by atoms with Crippen molar-refractivity contribution in [3.05, 3.63) is 76.4 Å². The van der Waals surface area contributed by atoms with Gasteiger partial charge in [-0.25, -0.2) is 9.37 Å². The summed E-state index contributed by atoms with van der Waals surface area (Å²) in [6.07, 6.45) is -0.369. The SMILES string of the molecule is Cc1oc(-c2ccccc2F)nc1C(=O)NC(CC(=O)O)c1ccccc1Cl. The van der Waals surface area contributed by atoms with Gasteiger partial charge < -0.3 is 14.8 Å². The van der Waals surface area contributed by atoms with E-state index in [2.05, 4.69) is 10.3 Å². The van der Waals surface area contributed by atoms with Gasteiger partial charge in [0.05, 0.1) is 18.0 Å². The lowest BCUT2D eigenvalue weighted by Gasteiger charge is -2.18. The second-order valence-corrected chi connectivity index (χ2v) is 6.46. The van der Waals surface area contributed by atoms with Crippen LogP contribution in [0.3, 0.4) is 0 Å². The molecule has 1 amide bonds. The molecule has 8 heteroatoms. The Morgan fingerprint density at radius 1 is 1.21 bits per heavy atom. The normalized spacial score (nSPS) is 11.8. The molecule has 6 nitrogen and oxygen atoms in total. The molecule has 144 valence electrons. The van der Waals surface area contributed by atoms with E-state index in [1.165, 1.54) is 25.1 Å². The second-order valence-electron chi connectivity index (χ2n) is 6.05. The molecule has 0 radical (unpaired) electrons. The highest BCUT2D eigenvalue weighted by atomic mass is 35.5. The van der Waals surface area contributed by atoms with Gasteiger partial charge in [0.25, 0.3) is 5.91 Å². The highest BCUT2D eigenvalue weighted by molar-refractivity contribution is 6.31. The van der Waals surface area contributed by atoms with Crippen molar-refractivity contribution < 1.29 is 23.5 Å². The summed E-state index contributed by atoms with van der Waals surface area (Å²) in [5.41, 5.74) is 0.536. The van der Waals surface area contributed by atoms with E-state index < -0.39 is 23.7 Å². The number of halogens is 2. The van der Waals surface area contributed by atoms with Crippen LogP contribution in [0.25, 0.3) is 11.5 Å². The van der Waals surface area contributed by atoms with E-state index in [0.717, 1.165) is 0 Å². The van der Waals surface area contributed by atoms with Crippen LogP contribution in [0.4, 0.5) is 4.39 Å². The van der Waals surface area contributed by atoms with E-state index in [-0.39, 0.29) is 29.3 Å². The van der Waals surface area contributed by atoms with Gasteiger partial charge in [-0.05, 0) is 30.7 Å². The minimum atomic E-state index is -1.10. The minimum absolute atomic E-state index is 0.0340. The predicted molar refractivity (Wildman–Crippen MR) is 101 cm³/mol. The summed E-state index contributed by atoms with van der Waals surface area (Å²) in [6, 6.07) is 11.7. The smallest absolute Gasteiger partial charge is 0.305 e. The molecular weight excluding hydrogens is 387 g/mol. The Bertz CT molecular complexity index is 1030. The molecule has 0 bridgehead atoms. The third-order valence-electron chi connectivity index (χ3n) is 4.08. The maximum absolute atomic E-state index is 14.0. The van der Waals surface area contributed by atoms with Crippen LogP contribution in [-0.4, -0.2) is 22.0 Å². The van der Waals surface area contributed by atoms with Gasteiger partial charge in [0.1, 0.15) is 11.6 Å². The number of amides is 1. The van der Waals surface area contributed by atoms with Crippen LogP contribution in [-0.2, 0) is 4.79 Å². The van der Waals surface area contributed by atoms with Gasteiger partial charge in [0, 0.05) is 5.02 Å². The number of hydrogen-bond acceptors (Lipinski definition) is 4. The summed E-state index contributed by atoms with van der Waals surface area (Å²) in [5, 5.41) is 12.1. The minimum Gasteiger partial charge on any atom is -0.481 e. The Hall–Kier alpha value is -3.19. The number of carbonyl (C=O) groups is 2. The first-order chi connectivity index (χ1) is 13.4. The van der Waals surface area contributed by atoms with Crippen LogP contribution < -0.4 is 5.32 Å². The number of nitrogens with zero attached hydrogens (tertiary/aromatic N) is 1. The molecule has 0 spiro atoms. The molecule has 1 unspecified atom stereocenters. The van der Waals surface area contributed by atoms with Crippen LogP contribution in [0, 0.1) is 12.7 Å². The fourth-order valence-corrected chi connectivity index (χ4v) is 3.02. The highest BCUT2D eigenvalue weighted by Crippen LogP contribution is 2.27. The van der Waals surface area contributed by atoms with Crippen LogP contribution >= 0.6 is 11.6 Å². The largest absolute Gasteiger partial charge is 0.481 e. The molecule has 2 N–H and O–H groups in total. The van der Waals surface area contributed by atoms with Gasteiger partial charge in [0.15, 0.2) is 5.69 Å². The monoisotopic (exact) mass is 402 g/mol. The second kappa shape index (κ2) is 8.22. The zero-order valence-corrected chi connectivity index (χ0v) is 15.5. The molecule has 1 heterocycles. The number of aromatic nitrogens is 1. The zero-order valence-electron chi connectivity index (χ0n) is 14.8. The molecule has 0 saturated heterocycles. The lowest BCUT2D eigenvalue weighted by molar-refractivity contribution is -0.137. The fraction of sp³-hybridized carbons (Fsp3) is 0.150. The molecule has 2 aromatic carbocycles. The summed E-state index contributed by atoms with van der Waals surface area (Å²) in [7, 11) is 0. The Labute approximate surface area is 165 Å². The van der Waals surface area contributed by atoms with Gasteiger partial charge in [-0.15, -0.1) is 0 Å². The van der Waals surface area contributed by atoms with Crippen molar-refractivity contribution in [1.29, 1.82) is 0 Å². The standard InChI is InChI=1S/C20H16ClFN2O4/c1-11-18(24-20(28-11)13-7-3-5-9-15(13)22)19(27)23-16(10-17(25)26)12-6-2-4-8-14(12)21/h2-9,16H,10H2,1H3,(H,23,27)(H,25,26). The van der Waals surface area contributed by atoms with Crippen molar-refractivity contribution in [2.24, 2.45) is 0 Å². The van der Waals surface area contributed by atoms with Crippen molar-refractivity contribution >= 4 is 23.5 Å². The van der Waals surface area contributed by atoms with Crippen molar-refractivity contribution in [1.82, 2.24) is 10.3 Å². The third-order valence-corrected chi connectivity index (χ3v) is 4.42. The molecular formula is C20H16ClFN2O4. The zero-order chi connectivity index (χ0) is 20.3. The third kappa shape index (κ3) is 4.20. The molecule has 0 saturated carbocycles. The van der Waals surface area contributed by atoms with Gasteiger partial charge >= 0.3 is 5.97 Å². The number of oxazole rings is 1. The van der Waals surface area contributed by atoms with E-state index in [1.54, 1.807) is 30.3 Å². The number of hydrogen-bond donors (Lipinski definition) is 2. The number of carbonyl (C=O) groups excluding carboxylic acids is 1. The maximum Gasteiger partial charge on any atom is 0.305 e. The Morgan fingerprint density at radius 3 is 2.57 bits per heavy atom.